The normalized spacial score (nSPS) is 22.1. The van der Waals surface area contributed by atoms with Gasteiger partial charge in [-0.2, -0.15) is 0 Å². The van der Waals surface area contributed by atoms with E-state index in [-0.39, 0.29) is 17.5 Å². The van der Waals surface area contributed by atoms with E-state index in [1.54, 1.807) is 0 Å². The Morgan fingerprint density at radius 3 is 2.67 bits per heavy atom. The molecule has 114 valence electrons. The minimum atomic E-state index is -0.962. The van der Waals surface area contributed by atoms with Crippen molar-refractivity contribution < 1.29 is 13.6 Å². The van der Waals surface area contributed by atoms with Crippen molar-refractivity contribution >= 4 is 5.91 Å². The Morgan fingerprint density at radius 2 is 2.05 bits per heavy atom. The number of amides is 1. The first-order valence-corrected chi connectivity index (χ1v) is 7.62. The maximum atomic E-state index is 13.3. The van der Waals surface area contributed by atoms with Crippen molar-refractivity contribution in [2.24, 2.45) is 5.92 Å². The van der Waals surface area contributed by atoms with Gasteiger partial charge in [-0.1, -0.05) is 0 Å². The number of carbonyl (C=O) groups excluding carboxylic acids is 1. The van der Waals surface area contributed by atoms with Gasteiger partial charge in [-0.15, -0.1) is 0 Å². The molecule has 5 heteroatoms. The maximum absolute atomic E-state index is 13.3. The zero-order valence-corrected chi connectivity index (χ0v) is 11.9. The average molecular weight is 294 g/mol. The number of halogens is 2. The second kappa shape index (κ2) is 6.10. The summed E-state index contributed by atoms with van der Waals surface area (Å²) >= 11 is 0. The first-order valence-electron chi connectivity index (χ1n) is 7.62. The van der Waals surface area contributed by atoms with E-state index in [1.807, 2.05) is 4.90 Å². The summed E-state index contributed by atoms with van der Waals surface area (Å²) in [5.74, 6) is -1.60. The van der Waals surface area contributed by atoms with Crippen LogP contribution in [0.25, 0.3) is 0 Å². The Bertz CT molecular complexity index is 525. The van der Waals surface area contributed by atoms with Gasteiger partial charge in [0, 0.05) is 18.2 Å². The summed E-state index contributed by atoms with van der Waals surface area (Å²) in [7, 11) is 0. The highest BCUT2D eigenvalue weighted by atomic mass is 19.2. The topological polar surface area (TPSA) is 32.3 Å². The lowest BCUT2D eigenvalue weighted by Crippen LogP contribution is -2.42. The third-order valence-electron chi connectivity index (χ3n) is 4.27. The first kappa shape index (κ1) is 14.4. The van der Waals surface area contributed by atoms with Gasteiger partial charge in [0.25, 0.3) is 5.91 Å². The molecule has 3 rings (SSSR count). The zero-order valence-electron chi connectivity index (χ0n) is 11.9. The number of hydrogen-bond acceptors (Lipinski definition) is 2. The molecule has 1 saturated heterocycles. The summed E-state index contributed by atoms with van der Waals surface area (Å²) in [4.78, 5) is 14.4. The van der Waals surface area contributed by atoms with Crippen LogP contribution in [0.15, 0.2) is 18.2 Å². The van der Waals surface area contributed by atoms with E-state index in [9.17, 15) is 13.6 Å². The van der Waals surface area contributed by atoms with E-state index < -0.39 is 11.6 Å². The van der Waals surface area contributed by atoms with E-state index >= 15 is 0 Å². The summed E-state index contributed by atoms with van der Waals surface area (Å²) in [6, 6.07) is 3.67. The molecule has 1 aromatic rings. The van der Waals surface area contributed by atoms with Gasteiger partial charge in [-0.3, -0.25) is 4.79 Å². The van der Waals surface area contributed by atoms with E-state index in [2.05, 4.69) is 5.32 Å². The quantitative estimate of drug-likeness (QED) is 0.925. The van der Waals surface area contributed by atoms with Gasteiger partial charge in [0.2, 0.25) is 0 Å². The molecule has 1 aliphatic heterocycles. The highest BCUT2D eigenvalue weighted by molar-refractivity contribution is 5.94. The second-order valence-corrected chi connectivity index (χ2v) is 6.03. The minimum absolute atomic E-state index is 0.179. The van der Waals surface area contributed by atoms with Crippen LogP contribution in [0.3, 0.4) is 0 Å². The predicted octanol–water partition coefficient (Wildman–Crippen LogP) is 2.57. The van der Waals surface area contributed by atoms with Gasteiger partial charge in [0.1, 0.15) is 0 Å². The molecule has 1 amide bonds. The Balaban J connectivity index is 1.73. The summed E-state index contributed by atoms with van der Waals surface area (Å²) in [6.07, 6.45) is 4.26. The number of benzene rings is 1. The fraction of sp³-hybridized carbons (Fsp3) is 0.562. The number of hydrogen-bond donors (Lipinski definition) is 1. The van der Waals surface area contributed by atoms with E-state index in [0.717, 1.165) is 50.9 Å². The summed E-state index contributed by atoms with van der Waals surface area (Å²) in [5, 5.41) is 3.35. The lowest BCUT2D eigenvalue weighted by molar-refractivity contribution is 0.0703. The molecule has 1 aliphatic carbocycles. The van der Waals surface area contributed by atoms with Crippen molar-refractivity contribution in [3.63, 3.8) is 0 Å². The monoisotopic (exact) mass is 294 g/mol. The highest BCUT2D eigenvalue weighted by Gasteiger charge is 2.34. The summed E-state index contributed by atoms with van der Waals surface area (Å²) in [5.41, 5.74) is 0.240. The largest absolute Gasteiger partial charge is 0.335 e. The molecular formula is C16H20F2N2O. The number of carbonyl (C=O) groups is 1. The van der Waals surface area contributed by atoms with Crippen molar-refractivity contribution in [1.29, 1.82) is 0 Å². The highest BCUT2D eigenvalue weighted by Crippen LogP contribution is 2.30. The fourth-order valence-electron chi connectivity index (χ4n) is 2.94. The van der Waals surface area contributed by atoms with Gasteiger partial charge < -0.3 is 10.2 Å². The van der Waals surface area contributed by atoms with Crippen molar-refractivity contribution in [2.45, 2.75) is 31.7 Å². The molecule has 1 aromatic carbocycles. The van der Waals surface area contributed by atoms with Crippen LogP contribution in [0.2, 0.25) is 0 Å². The standard InChI is InChI=1S/C16H20F2N2O/c17-14-6-3-12(8-15(14)18)16(21)20(13-4-5-13)10-11-2-1-7-19-9-11/h3,6,8,11,13,19H,1-2,4-5,7,9-10H2. The minimum Gasteiger partial charge on any atom is -0.335 e. The van der Waals surface area contributed by atoms with Gasteiger partial charge in [-0.05, 0) is 62.9 Å². The van der Waals surface area contributed by atoms with Crippen molar-refractivity contribution in [3.05, 3.63) is 35.4 Å². The third kappa shape index (κ3) is 3.40. The van der Waals surface area contributed by atoms with Crippen molar-refractivity contribution in [1.82, 2.24) is 10.2 Å². The van der Waals surface area contributed by atoms with Crippen molar-refractivity contribution in [2.75, 3.05) is 19.6 Å². The smallest absolute Gasteiger partial charge is 0.254 e. The molecule has 0 bridgehead atoms. The van der Waals surface area contributed by atoms with E-state index in [4.69, 9.17) is 0 Å². The molecule has 2 fully saturated rings. The van der Waals surface area contributed by atoms with Gasteiger partial charge in [0.05, 0.1) is 0 Å². The van der Waals surface area contributed by atoms with Crippen LogP contribution in [0, 0.1) is 17.6 Å². The van der Waals surface area contributed by atoms with Crippen LogP contribution >= 0.6 is 0 Å². The van der Waals surface area contributed by atoms with Crippen LogP contribution in [-0.2, 0) is 0 Å². The van der Waals surface area contributed by atoms with Gasteiger partial charge in [-0.25, -0.2) is 8.78 Å². The fourth-order valence-corrected chi connectivity index (χ4v) is 2.94. The molecule has 1 saturated carbocycles. The molecule has 0 radical (unpaired) electrons. The Hall–Kier alpha value is -1.49. The lowest BCUT2D eigenvalue weighted by Gasteiger charge is -2.30. The van der Waals surface area contributed by atoms with Crippen molar-refractivity contribution in [3.8, 4) is 0 Å². The Morgan fingerprint density at radius 1 is 1.24 bits per heavy atom. The average Bonchev–Trinajstić information content (AvgIpc) is 3.33. The Kier molecular flexibility index (Phi) is 4.19. The molecule has 3 nitrogen and oxygen atoms in total. The first-order chi connectivity index (χ1) is 10.1. The van der Waals surface area contributed by atoms with E-state index in [1.165, 1.54) is 6.07 Å². The molecule has 1 N–H and O–H groups in total. The van der Waals surface area contributed by atoms with Gasteiger partial charge >= 0.3 is 0 Å². The van der Waals surface area contributed by atoms with Crippen LogP contribution in [0.4, 0.5) is 8.78 Å². The zero-order chi connectivity index (χ0) is 14.8. The Labute approximate surface area is 123 Å². The van der Waals surface area contributed by atoms with Crippen LogP contribution in [0.5, 0.6) is 0 Å². The molecule has 1 heterocycles. The van der Waals surface area contributed by atoms with E-state index in [0.29, 0.717) is 12.5 Å². The summed E-state index contributed by atoms with van der Waals surface area (Å²) < 4.78 is 26.3. The predicted molar refractivity (Wildman–Crippen MR) is 76.0 cm³/mol. The van der Waals surface area contributed by atoms with Crippen LogP contribution in [-0.4, -0.2) is 36.5 Å². The number of nitrogens with one attached hydrogen (secondary N) is 1. The van der Waals surface area contributed by atoms with Crippen LogP contribution < -0.4 is 5.32 Å². The molecule has 1 unspecified atom stereocenters. The SMILES string of the molecule is O=C(c1ccc(F)c(F)c1)N(CC1CCCNC1)C1CC1. The second-order valence-electron chi connectivity index (χ2n) is 6.03. The summed E-state index contributed by atoms with van der Waals surface area (Å²) in [6.45, 7) is 2.67. The number of piperidine rings is 1. The molecule has 2 aliphatic rings. The maximum Gasteiger partial charge on any atom is 0.254 e. The third-order valence-corrected chi connectivity index (χ3v) is 4.27. The molecule has 0 spiro atoms. The molecule has 0 aromatic heterocycles. The molecule has 21 heavy (non-hydrogen) atoms. The number of nitrogens with zero attached hydrogens (tertiary/aromatic N) is 1. The van der Waals surface area contributed by atoms with Crippen LogP contribution in [0.1, 0.15) is 36.0 Å². The number of rotatable bonds is 4. The molecular weight excluding hydrogens is 274 g/mol. The van der Waals surface area contributed by atoms with Gasteiger partial charge in [0.15, 0.2) is 11.6 Å². The molecule has 1 atom stereocenters. The lowest BCUT2D eigenvalue weighted by atomic mass is 9.98.